The molecule has 0 rings (SSSR count). The summed E-state index contributed by atoms with van der Waals surface area (Å²) in [6.07, 6.45) is 2.21. The predicted molar refractivity (Wildman–Crippen MR) is 39.7 cm³/mol. The van der Waals surface area contributed by atoms with Crippen LogP contribution in [0.3, 0.4) is 0 Å². The topological polar surface area (TPSA) is 39.1 Å². The lowest BCUT2D eigenvalue weighted by Gasteiger charge is -2.16. The summed E-state index contributed by atoms with van der Waals surface area (Å²) < 4.78 is 0. The standard InChI is InChI=1S/C6H15N3/c1-6(4-5-7)8-9(2)3/h5-8H,4H2,1-3H3. The van der Waals surface area contributed by atoms with Gasteiger partial charge in [-0.2, -0.15) is 0 Å². The first-order chi connectivity index (χ1) is 4.16. The third-order valence-electron chi connectivity index (χ3n) is 0.950. The van der Waals surface area contributed by atoms with Crippen molar-refractivity contribution in [1.82, 2.24) is 10.4 Å². The summed E-state index contributed by atoms with van der Waals surface area (Å²) >= 11 is 0. The Kier molecular flexibility index (Phi) is 4.26. The van der Waals surface area contributed by atoms with E-state index >= 15 is 0 Å². The quantitative estimate of drug-likeness (QED) is 0.428. The van der Waals surface area contributed by atoms with E-state index in [0.29, 0.717) is 6.04 Å². The van der Waals surface area contributed by atoms with E-state index in [1.165, 1.54) is 6.21 Å². The fraction of sp³-hybridized carbons (Fsp3) is 0.833. The van der Waals surface area contributed by atoms with E-state index in [2.05, 4.69) is 5.43 Å². The molecule has 1 unspecified atom stereocenters. The number of hydrogen-bond acceptors (Lipinski definition) is 3. The lowest BCUT2D eigenvalue weighted by Crippen LogP contribution is -2.37. The molecule has 0 saturated carbocycles. The number of hydrogen-bond donors (Lipinski definition) is 2. The molecule has 0 spiro atoms. The van der Waals surface area contributed by atoms with Gasteiger partial charge in [-0.1, -0.05) is 0 Å². The molecule has 0 aromatic rings. The van der Waals surface area contributed by atoms with Crippen LogP contribution >= 0.6 is 0 Å². The lowest BCUT2D eigenvalue weighted by atomic mass is 10.3. The summed E-state index contributed by atoms with van der Waals surface area (Å²) in [5.74, 6) is 0. The van der Waals surface area contributed by atoms with Crippen LogP contribution in [-0.4, -0.2) is 31.4 Å². The maximum absolute atomic E-state index is 6.79. The molecular formula is C6H15N3. The van der Waals surface area contributed by atoms with Crippen molar-refractivity contribution < 1.29 is 0 Å². The first-order valence-corrected chi connectivity index (χ1v) is 3.09. The van der Waals surface area contributed by atoms with Crippen molar-refractivity contribution in [3.05, 3.63) is 0 Å². The Balaban J connectivity index is 3.25. The molecule has 0 aliphatic heterocycles. The fourth-order valence-corrected chi connectivity index (χ4v) is 0.670. The SMILES string of the molecule is CC(CC=N)NN(C)C. The van der Waals surface area contributed by atoms with Crippen LogP contribution in [0.2, 0.25) is 0 Å². The highest BCUT2D eigenvalue weighted by molar-refractivity contribution is 5.53. The molecular weight excluding hydrogens is 114 g/mol. The van der Waals surface area contributed by atoms with Crippen LogP contribution < -0.4 is 5.43 Å². The summed E-state index contributed by atoms with van der Waals surface area (Å²) in [6, 6.07) is 0.373. The molecule has 0 radical (unpaired) electrons. The molecule has 0 aliphatic carbocycles. The second-order valence-corrected chi connectivity index (χ2v) is 2.36. The first-order valence-electron chi connectivity index (χ1n) is 3.09. The van der Waals surface area contributed by atoms with Gasteiger partial charge in [-0.25, -0.2) is 0 Å². The number of rotatable bonds is 4. The van der Waals surface area contributed by atoms with E-state index < -0.39 is 0 Å². The monoisotopic (exact) mass is 129 g/mol. The Morgan fingerprint density at radius 3 is 2.56 bits per heavy atom. The van der Waals surface area contributed by atoms with Crippen LogP contribution in [0.5, 0.6) is 0 Å². The molecule has 3 heteroatoms. The summed E-state index contributed by atoms with van der Waals surface area (Å²) in [4.78, 5) is 0. The van der Waals surface area contributed by atoms with Gasteiger partial charge in [0.05, 0.1) is 0 Å². The molecule has 3 nitrogen and oxygen atoms in total. The first kappa shape index (κ1) is 8.59. The molecule has 1 atom stereocenters. The van der Waals surface area contributed by atoms with Gasteiger partial charge in [0.1, 0.15) is 0 Å². The molecule has 0 aliphatic rings. The smallest absolute Gasteiger partial charge is 0.0236 e. The van der Waals surface area contributed by atoms with Gasteiger partial charge in [-0.15, -0.1) is 0 Å². The Morgan fingerprint density at radius 2 is 2.22 bits per heavy atom. The van der Waals surface area contributed by atoms with Crippen molar-refractivity contribution in [2.24, 2.45) is 0 Å². The van der Waals surface area contributed by atoms with Gasteiger partial charge >= 0.3 is 0 Å². The zero-order valence-electron chi connectivity index (χ0n) is 6.31. The molecule has 2 N–H and O–H groups in total. The van der Waals surface area contributed by atoms with Crippen LogP contribution in [0.25, 0.3) is 0 Å². The van der Waals surface area contributed by atoms with E-state index in [4.69, 9.17) is 5.41 Å². The molecule has 0 amide bonds. The Labute approximate surface area is 56.5 Å². The second kappa shape index (κ2) is 4.47. The number of nitrogens with zero attached hydrogens (tertiary/aromatic N) is 1. The predicted octanol–water partition coefficient (Wildman–Crippen LogP) is 0.481. The summed E-state index contributed by atoms with van der Waals surface area (Å²) in [5, 5.41) is 8.69. The van der Waals surface area contributed by atoms with Crippen molar-refractivity contribution in [2.75, 3.05) is 14.1 Å². The van der Waals surface area contributed by atoms with Crippen molar-refractivity contribution in [2.45, 2.75) is 19.4 Å². The van der Waals surface area contributed by atoms with Crippen molar-refractivity contribution in [3.63, 3.8) is 0 Å². The average Bonchev–Trinajstić information content (AvgIpc) is 1.63. The van der Waals surface area contributed by atoms with Gasteiger partial charge in [0, 0.05) is 20.1 Å². The van der Waals surface area contributed by atoms with E-state index in [9.17, 15) is 0 Å². The largest absolute Gasteiger partial charge is 0.313 e. The Hall–Kier alpha value is -0.410. The van der Waals surface area contributed by atoms with Crippen LogP contribution in [0, 0.1) is 5.41 Å². The molecule has 0 heterocycles. The van der Waals surface area contributed by atoms with Crippen LogP contribution in [0.15, 0.2) is 0 Å². The molecule has 9 heavy (non-hydrogen) atoms. The summed E-state index contributed by atoms with van der Waals surface area (Å²) in [6.45, 7) is 2.05. The summed E-state index contributed by atoms with van der Waals surface area (Å²) in [7, 11) is 3.89. The van der Waals surface area contributed by atoms with E-state index in [1.54, 1.807) is 0 Å². The highest BCUT2D eigenvalue weighted by Gasteiger charge is 1.97. The van der Waals surface area contributed by atoms with Gasteiger partial charge in [0.15, 0.2) is 0 Å². The zero-order valence-corrected chi connectivity index (χ0v) is 6.31. The minimum Gasteiger partial charge on any atom is -0.313 e. The van der Waals surface area contributed by atoms with E-state index in [1.807, 2.05) is 26.0 Å². The Morgan fingerprint density at radius 1 is 1.67 bits per heavy atom. The summed E-state index contributed by atoms with van der Waals surface area (Å²) in [5.41, 5.74) is 3.13. The van der Waals surface area contributed by atoms with Gasteiger partial charge in [-0.05, 0) is 19.6 Å². The Bertz CT molecular complexity index is 80.4. The second-order valence-electron chi connectivity index (χ2n) is 2.36. The van der Waals surface area contributed by atoms with Crippen LogP contribution in [-0.2, 0) is 0 Å². The third kappa shape index (κ3) is 5.46. The van der Waals surface area contributed by atoms with E-state index in [-0.39, 0.29) is 0 Å². The van der Waals surface area contributed by atoms with Crippen molar-refractivity contribution in [3.8, 4) is 0 Å². The van der Waals surface area contributed by atoms with Gasteiger partial charge < -0.3 is 5.41 Å². The fourth-order valence-electron chi connectivity index (χ4n) is 0.670. The zero-order chi connectivity index (χ0) is 7.28. The minimum atomic E-state index is 0.373. The molecule has 54 valence electrons. The third-order valence-corrected chi connectivity index (χ3v) is 0.950. The average molecular weight is 129 g/mol. The molecule has 0 aromatic carbocycles. The highest BCUT2D eigenvalue weighted by atomic mass is 15.5. The van der Waals surface area contributed by atoms with E-state index in [0.717, 1.165) is 6.42 Å². The normalized spacial score (nSPS) is 13.8. The highest BCUT2D eigenvalue weighted by Crippen LogP contribution is 1.84. The molecule has 0 bridgehead atoms. The van der Waals surface area contributed by atoms with Gasteiger partial charge in [0.25, 0.3) is 0 Å². The maximum atomic E-state index is 6.79. The maximum Gasteiger partial charge on any atom is 0.0236 e. The molecule has 0 fully saturated rings. The minimum absolute atomic E-state index is 0.373. The number of hydrazine groups is 1. The van der Waals surface area contributed by atoms with Crippen LogP contribution in [0.4, 0.5) is 0 Å². The molecule has 0 aromatic heterocycles. The van der Waals surface area contributed by atoms with Crippen molar-refractivity contribution >= 4 is 6.21 Å². The van der Waals surface area contributed by atoms with Crippen LogP contribution in [0.1, 0.15) is 13.3 Å². The van der Waals surface area contributed by atoms with Gasteiger partial charge in [0.2, 0.25) is 0 Å². The lowest BCUT2D eigenvalue weighted by molar-refractivity contribution is 0.254. The van der Waals surface area contributed by atoms with Gasteiger partial charge in [-0.3, -0.25) is 10.4 Å². The molecule has 0 saturated heterocycles. The number of nitrogens with one attached hydrogen (secondary N) is 2. The van der Waals surface area contributed by atoms with Crippen molar-refractivity contribution in [1.29, 1.82) is 5.41 Å².